The van der Waals surface area contributed by atoms with Crippen LogP contribution in [0.1, 0.15) is 28.8 Å². The molecule has 0 saturated carbocycles. The molecule has 0 atom stereocenters. The van der Waals surface area contributed by atoms with Crippen molar-refractivity contribution in [1.82, 2.24) is 5.32 Å². The fourth-order valence-corrected chi connectivity index (χ4v) is 2.08. The molecule has 2 aromatic carbocycles. The average molecular weight is 298 g/mol. The van der Waals surface area contributed by atoms with Gasteiger partial charge in [0.15, 0.2) is 0 Å². The molecule has 0 aromatic heterocycles. The van der Waals surface area contributed by atoms with E-state index in [9.17, 15) is 4.79 Å². The Morgan fingerprint density at radius 3 is 2.64 bits per heavy atom. The lowest BCUT2D eigenvalue weighted by atomic mass is 10.2. The van der Waals surface area contributed by atoms with Crippen LogP contribution >= 0.6 is 0 Å². The van der Waals surface area contributed by atoms with Crippen LogP contribution < -0.4 is 11.1 Å². The first-order chi connectivity index (χ1) is 10.8. The summed E-state index contributed by atoms with van der Waals surface area (Å²) in [7, 11) is 0. The second-order valence-corrected chi connectivity index (χ2v) is 5.13. The van der Waals surface area contributed by atoms with E-state index in [2.05, 4.69) is 5.32 Å². The maximum absolute atomic E-state index is 11.9. The number of unbranched alkanes of at least 4 members (excludes halogenated alkanes) is 1. The van der Waals surface area contributed by atoms with Crippen LogP contribution in [-0.2, 0) is 11.3 Å². The molecule has 0 heterocycles. The molecule has 0 radical (unpaired) electrons. The Morgan fingerprint density at radius 2 is 1.86 bits per heavy atom. The van der Waals surface area contributed by atoms with E-state index in [0.29, 0.717) is 31.0 Å². The van der Waals surface area contributed by atoms with Gasteiger partial charge in [-0.15, -0.1) is 0 Å². The van der Waals surface area contributed by atoms with Crippen LogP contribution in [0.3, 0.4) is 0 Å². The van der Waals surface area contributed by atoms with Gasteiger partial charge in [0.05, 0.1) is 6.61 Å². The normalized spacial score (nSPS) is 10.4. The van der Waals surface area contributed by atoms with Crippen LogP contribution in [0.5, 0.6) is 0 Å². The summed E-state index contributed by atoms with van der Waals surface area (Å²) in [6, 6.07) is 17.1. The fourth-order valence-electron chi connectivity index (χ4n) is 2.08. The van der Waals surface area contributed by atoms with E-state index in [-0.39, 0.29) is 5.91 Å². The molecular weight excluding hydrogens is 276 g/mol. The predicted molar refractivity (Wildman–Crippen MR) is 88.5 cm³/mol. The van der Waals surface area contributed by atoms with Crippen molar-refractivity contribution in [3.63, 3.8) is 0 Å². The summed E-state index contributed by atoms with van der Waals surface area (Å²) >= 11 is 0. The first kappa shape index (κ1) is 16.0. The molecule has 0 bridgehead atoms. The molecule has 0 aliphatic rings. The summed E-state index contributed by atoms with van der Waals surface area (Å²) in [5.41, 5.74) is 8.03. The highest BCUT2D eigenvalue weighted by Crippen LogP contribution is 2.06. The molecule has 4 heteroatoms. The van der Waals surface area contributed by atoms with Gasteiger partial charge in [0, 0.05) is 24.4 Å². The summed E-state index contributed by atoms with van der Waals surface area (Å²) in [5.74, 6) is -0.0856. The van der Waals surface area contributed by atoms with Crippen LogP contribution in [0, 0.1) is 0 Å². The second kappa shape index (κ2) is 8.85. The molecule has 2 aromatic rings. The van der Waals surface area contributed by atoms with Crippen LogP contribution in [0.15, 0.2) is 54.6 Å². The van der Waals surface area contributed by atoms with E-state index in [0.717, 1.165) is 12.8 Å². The number of carbonyl (C=O) groups is 1. The minimum Gasteiger partial charge on any atom is -0.399 e. The van der Waals surface area contributed by atoms with Crippen LogP contribution in [0.4, 0.5) is 5.69 Å². The number of nitrogen functional groups attached to an aromatic ring is 1. The number of hydrogen-bond acceptors (Lipinski definition) is 3. The summed E-state index contributed by atoms with van der Waals surface area (Å²) in [6.07, 6.45) is 1.81. The largest absolute Gasteiger partial charge is 0.399 e. The fraction of sp³-hybridized carbons (Fsp3) is 0.278. The van der Waals surface area contributed by atoms with Gasteiger partial charge in [-0.2, -0.15) is 0 Å². The third kappa shape index (κ3) is 5.58. The average Bonchev–Trinajstić information content (AvgIpc) is 2.54. The molecule has 4 nitrogen and oxygen atoms in total. The second-order valence-electron chi connectivity index (χ2n) is 5.13. The van der Waals surface area contributed by atoms with Gasteiger partial charge in [0.1, 0.15) is 0 Å². The van der Waals surface area contributed by atoms with Crippen molar-refractivity contribution in [2.24, 2.45) is 0 Å². The lowest BCUT2D eigenvalue weighted by Gasteiger charge is -2.07. The SMILES string of the molecule is Nc1cccc(C(=O)NCCCCOCc2ccccc2)c1. The monoisotopic (exact) mass is 298 g/mol. The van der Waals surface area contributed by atoms with Crippen molar-refractivity contribution in [3.05, 3.63) is 65.7 Å². The molecule has 3 N–H and O–H groups in total. The van der Waals surface area contributed by atoms with Crippen LogP contribution in [0.2, 0.25) is 0 Å². The molecule has 1 amide bonds. The molecule has 2 rings (SSSR count). The number of ether oxygens (including phenoxy) is 1. The number of hydrogen-bond donors (Lipinski definition) is 2. The maximum Gasteiger partial charge on any atom is 0.251 e. The van der Waals surface area contributed by atoms with Gasteiger partial charge >= 0.3 is 0 Å². The number of amides is 1. The van der Waals surface area contributed by atoms with Gasteiger partial charge in [0.2, 0.25) is 0 Å². The Labute approximate surface area is 131 Å². The minimum atomic E-state index is -0.0856. The third-order valence-electron chi connectivity index (χ3n) is 3.26. The topological polar surface area (TPSA) is 64.4 Å². The number of anilines is 1. The standard InChI is InChI=1S/C18H22N2O2/c19-17-10-6-9-16(13-17)18(21)20-11-4-5-12-22-14-15-7-2-1-3-8-15/h1-3,6-10,13H,4-5,11-12,14,19H2,(H,20,21). The highest BCUT2D eigenvalue weighted by Gasteiger charge is 2.04. The van der Waals surface area contributed by atoms with Gasteiger partial charge in [0.25, 0.3) is 5.91 Å². The smallest absolute Gasteiger partial charge is 0.251 e. The van der Waals surface area contributed by atoms with Crippen molar-refractivity contribution in [1.29, 1.82) is 0 Å². The molecule has 0 unspecified atom stereocenters. The van der Waals surface area contributed by atoms with E-state index in [1.807, 2.05) is 30.3 Å². The first-order valence-corrected chi connectivity index (χ1v) is 7.51. The van der Waals surface area contributed by atoms with Crippen molar-refractivity contribution in [2.75, 3.05) is 18.9 Å². The summed E-state index contributed by atoms with van der Waals surface area (Å²) in [5, 5.41) is 2.88. The zero-order valence-corrected chi connectivity index (χ0v) is 12.6. The summed E-state index contributed by atoms with van der Waals surface area (Å²) in [6.45, 7) is 1.97. The highest BCUT2D eigenvalue weighted by atomic mass is 16.5. The number of nitrogens with two attached hydrogens (primary N) is 1. The first-order valence-electron chi connectivity index (χ1n) is 7.51. The van der Waals surface area contributed by atoms with Gasteiger partial charge < -0.3 is 15.8 Å². The van der Waals surface area contributed by atoms with Gasteiger partial charge in [-0.05, 0) is 36.6 Å². The van der Waals surface area contributed by atoms with E-state index < -0.39 is 0 Å². The number of carbonyl (C=O) groups excluding carboxylic acids is 1. The van der Waals surface area contributed by atoms with E-state index in [1.54, 1.807) is 24.3 Å². The third-order valence-corrected chi connectivity index (χ3v) is 3.26. The van der Waals surface area contributed by atoms with Crippen LogP contribution in [-0.4, -0.2) is 19.1 Å². The zero-order valence-electron chi connectivity index (χ0n) is 12.6. The van der Waals surface area contributed by atoms with Crippen molar-refractivity contribution in [3.8, 4) is 0 Å². The number of nitrogens with one attached hydrogen (secondary N) is 1. The highest BCUT2D eigenvalue weighted by molar-refractivity contribution is 5.94. The van der Waals surface area contributed by atoms with Crippen molar-refractivity contribution < 1.29 is 9.53 Å². The van der Waals surface area contributed by atoms with Crippen molar-refractivity contribution in [2.45, 2.75) is 19.4 Å². The Bertz CT molecular complexity index is 585. The Hall–Kier alpha value is -2.33. The van der Waals surface area contributed by atoms with E-state index in [1.165, 1.54) is 5.56 Å². The lowest BCUT2D eigenvalue weighted by molar-refractivity contribution is 0.0946. The Kier molecular flexibility index (Phi) is 6.45. The summed E-state index contributed by atoms with van der Waals surface area (Å²) < 4.78 is 5.60. The molecule has 0 spiro atoms. The molecule has 116 valence electrons. The molecule has 0 fully saturated rings. The van der Waals surface area contributed by atoms with Gasteiger partial charge in [-0.25, -0.2) is 0 Å². The maximum atomic E-state index is 11.9. The van der Waals surface area contributed by atoms with Gasteiger partial charge in [-0.1, -0.05) is 36.4 Å². The predicted octanol–water partition coefficient (Wildman–Crippen LogP) is 3.00. The minimum absolute atomic E-state index is 0.0856. The number of benzene rings is 2. The van der Waals surface area contributed by atoms with E-state index in [4.69, 9.17) is 10.5 Å². The quantitative estimate of drug-likeness (QED) is 0.581. The molecule has 0 aliphatic heterocycles. The Balaban J connectivity index is 1.55. The Morgan fingerprint density at radius 1 is 1.05 bits per heavy atom. The molecular formula is C18H22N2O2. The summed E-state index contributed by atoms with van der Waals surface area (Å²) in [4.78, 5) is 11.9. The molecule has 0 saturated heterocycles. The van der Waals surface area contributed by atoms with E-state index >= 15 is 0 Å². The molecule has 22 heavy (non-hydrogen) atoms. The number of rotatable bonds is 8. The van der Waals surface area contributed by atoms with Crippen molar-refractivity contribution >= 4 is 11.6 Å². The zero-order chi connectivity index (χ0) is 15.6. The lowest BCUT2D eigenvalue weighted by Crippen LogP contribution is -2.24. The van der Waals surface area contributed by atoms with Crippen LogP contribution in [0.25, 0.3) is 0 Å². The molecule has 0 aliphatic carbocycles. The van der Waals surface area contributed by atoms with Gasteiger partial charge in [-0.3, -0.25) is 4.79 Å².